The largest absolute Gasteiger partial charge is 0.428 e. The lowest BCUT2D eigenvalue weighted by Crippen LogP contribution is -1.93. The summed E-state index contributed by atoms with van der Waals surface area (Å²) in [5, 5.41) is 0. The van der Waals surface area contributed by atoms with Crippen molar-refractivity contribution in [3.63, 3.8) is 0 Å². The number of hydrogen-bond acceptors (Lipinski definition) is 3. The van der Waals surface area contributed by atoms with E-state index in [2.05, 4.69) is 37.0 Å². The summed E-state index contributed by atoms with van der Waals surface area (Å²) in [4.78, 5) is 4.07. The number of hydrogen-bond donors (Lipinski definition) is 1. The molecule has 0 bridgehead atoms. The number of oxazole rings is 1. The van der Waals surface area contributed by atoms with Crippen LogP contribution in [-0.2, 0) is 6.42 Å². The Morgan fingerprint density at radius 3 is 2.56 bits per heavy atom. The third-order valence-electron chi connectivity index (χ3n) is 2.76. The molecule has 0 fully saturated rings. The van der Waals surface area contributed by atoms with Gasteiger partial charge in [0.1, 0.15) is 5.76 Å². The Balaban J connectivity index is 2.30. The number of nitrogens with two attached hydrogens (primary N) is 1. The Morgan fingerprint density at radius 2 is 2.00 bits per heavy atom. The third kappa shape index (κ3) is 2.08. The van der Waals surface area contributed by atoms with Crippen molar-refractivity contribution in [2.24, 2.45) is 0 Å². The first kappa shape index (κ1) is 10.7. The molecule has 2 rings (SSSR count). The highest BCUT2D eigenvalue weighted by atomic mass is 16.4. The molecule has 84 valence electrons. The van der Waals surface area contributed by atoms with E-state index in [0.717, 1.165) is 17.9 Å². The Kier molecular flexibility index (Phi) is 2.69. The summed E-state index contributed by atoms with van der Waals surface area (Å²) >= 11 is 0. The highest BCUT2D eigenvalue weighted by Crippen LogP contribution is 2.19. The highest BCUT2D eigenvalue weighted by molar-refractivity contribution is 5.34. The molecule has 3 heteroatoms. The average Bonchev–Trinajstić information content (AvgIpc) is 2.50. The average molecular weight is 216 g/mol. The van der Waals surface area contributed by atoms with E-state index in [-0.39, 0.29) is 6.01 Å². The topological polar surface area (TPSA) is 52.0 Å². The van der Waals surface area contributed by atoms with Crippen molar-refractivity contribution in [3.05, 3.63) is 46.3 Å². The van der Waals surface area contributed by atoms with Crippen LogP contribution in [0.3, 0.4) is 0 Å². The molecule has 0 saturated heterocycles. The molecular formula is C13H16N2O. The standard InChI is InChI=1S/C13H16N2O/c1-8-4-5-11(9(2)6-8)7-12-10(3)15-13(14)16-12/h4-6H,7H2,1-3H3,(H2,14,15). The van der Waals surface area contributed by atoms with Gasteiger partial charge in [-0.1, -0.05) is 23.8 Å². The molecule has 0 spiro atoms. The Hall–Kier alpha value is -1.77. The van der Waals surface area contributed by atoms with Crippen LogP contribution in [0.4, 0.5) is 6.01 Å². The summed E-state index contributed by atoms with van der Waals surface area (Å²) in [6.45, 7) is 6.12. The Morgan fingerprint density at radius 1 is 1.25 bits per heavy atom. The van der Waals surface area contributed by atoms with Gasteiger partial charge in [-0.3, -0.25) is 0 Å². The molecule has 0 atom stereocenters. The van der Waals surface area contributed by atoms with Crippen molar-refractivity contribution in [1.82, 2.24) is 4.98 Å². The Bertz CT molecular complexity index is 515. The van der Waals surface area contributed by atoms with E-state index < -0.39 is 0 Å². The normalized spacial score (nSPS) is 10.7. The van der Waals surface area contributed by atoms with Gasteiger partial charge >= 0.3 is 0 Å². The monoisotopic (exact) mass is 216 g/mol. The molecule has 1 heterocycles. The van der Waals surface area contributed by atoms with Gasteiger partial charge in [0.05, 0.1) is 5.69 Å². The number of anilines is 1. The molecule has 16 heavy (non-hydrogen) atoms. The summed E-state index contributed by atoms with van der Waals surface area (Å²) in [5.41, 5.74) is 10.2. The second kappa shape index (κ2) is 4.00. The van der Waals surface area contributed by atoms with E-state index in [1.165, 1.54) is 16.7 Å². The van der Waals surface area contributed by atoms with Gasteiger partial charge in [0, 0.05) is 6.42 Å². The van der Waals surface area contributed by atoms with E-state index in [9.17, 15) is 0 Å². The summed E-state index contributed by atoms with van der Waals surface area (Å²) < 4.78 is 5.37. The van der Waals surface area contributed by atoms with Crippen LogP contribution in [0.5, 0.6) is 0 Å². The molecule has 1 aromatic heterocycles. The number of nitrogen functional groups attached to an aromatic ring is 1. The van der Waals surface area contributed by atoms with Crippen LogP contribution in [0, 0.1) is 20.8 Å². The predicted octanol–water partition coefficient (Wildman–Crippen LogP) is 2.77. The minimum Gasteiger partial charge on any atom is -0.428 e. The second-order valence-corrected chi connectivity index (χ2v) is 4.17. The molecule has 3 nitrogen and oxygen atoms in total. The molecule has 1 aromatic carbocycles. The van der Waals surface area contributed by atoms with Gasteiger partial charge in [-0.25, -0.2) is 0 Å². The zero-order valence-electron chi connectivity index (χ0n) is 9.87. The van der Waals surface area contributed by atoms with Crippen LogP contribution < -0.4 is 5.73 Å². The van der Waals surface area contributed by atoms with Crippen LogP contribution in [-0.4, -0.2) is 4.98 Å². The third-order valence-corrected chi connectivity index (χ3v) is 2.76. The smallest absolute Gasteiger partial charge is 0.292 e. The van der Waals surface area contributed by atoms with Gasteiger partial charge in [-0.15, -0.1) is 0 Å². The van der Waals surface area contributed by atoms with Crippen LogP contribution in [0.25, 0.3) is 0 Å². The van der Waals surface area contributed by atoms with Crippen molar-refractivity contribution >= 4 is 6.01 Å². The minimum absolute atomic E-state index is 0.247. The predicted molar refractivity (Wildman–Crippen MR) is 64.4 cm³/mol. The van der Waals surface area contributed by atoms with Crippen molar-refractivity contribution in [3.8, 4) is 0 Å². The fourth-order valence-electron chi connectivity index (χ4n) is 1.83. The Labute approximate surface area is 95.3 Å². The van der Waals surface area contributed by atoms with E-state index >= 15 is 0 Å². The number of rotatable bonds is 2. The van der Waals surface area contributed by atoms with Crippen LogP contribution >= 0.6 is 0 Å². The summed E-state index contributed by atoms with van der Waals surface area (Å²) in [6.07, 6.45) is 0.752. The summed E-state index contributed by atoms with van der Waals surface area (Å²) in [5.74, 6) is 0.851. The molecule has 0 saturated carbocycles. The highest BCUT2D eigenvalue weighted by Gasteiger charge is 2.09. The van der Waals surface area contributed by atoms with Crippen molar-refractivity contribution in [1.29, 1.82) is 0 Å². The van der Waals surface area contributed by atoms with E-state index in [1.54, 1.807) is 0 Å². The lowest BCUT2D eigenvalue weighted by molar-refractivity contribution is 0.532. The number of benzene rings is 1. The minimum atomic E-state index is 0.247. The lowest BCUT2D eigenvalue weighted by Gasteiger charge is -2.05. The first-order chi connectivity index (χ1) is 7.56. The van der Waals surface area contributed by atoms with Crippen LogP contribution in [0.15, 0.2) is 22.6 Å². The van der Waals surface area contributed by atoms with Gasteiger partial charge in [-0.2, -0.15) is 4.98 Å². The molecule has 0 unspecified atom stereocenters. The number of nitrogens with zero attached hydrogens (tertiary/aromatic N) is 1. The van der Waals surface area contributed by atoms with E-state index in [4.69, 9.17) is 10.2 Å². The maximum absolute atomic E-state index is 5.52. The van der Waals surface area contributed by atoms with Gasteiger partial charge in [-0.05, 0) is 31.9 Å². The summed E-state index contributed by atoms with van der Waals surface area (Å²) in [7, 11) is 0. The van der Waals surface area contributed by atoms with Gasteiger partial charge < -0.3 is 10.2 Å². The van der Waals surface area contributed by atoms with Crippen LogP contribution in [0.1, 0.15) is 28.1 Å². The SMILES string of the molecule is Cc1ccc(Cc2oc(N)nc2C)c(C)c1. The fourth-order valence-corrected chi connectivity index (χ4v) is 1.83. The number of aromatic nitrogens is 1. The molecule has 2 N–H and O–H groups in total. The molecule has 0 amide bonds. The first-order valence-electron chi connectivity index (χ1n) is 5.34. The molecule has 0 aliphatic carbocycles. The van der Waals surface area contributed by atoms with Gasteiger partial charge in [0.25, 0.3) is 6.01 Å². The maximum atomic E-state index is 5.52. The molecular weight excluding hydrogens is 200 g/mol. The molecule has 0 aliphatic heterocycles. The van der Waals surface area contributed by atoms with Gasteiger partial charge in [0.2, 0.25) is 0 Å². The number of aryl methyl sites for hydroxylation is 3. The molecule has 2 aromatic rings. The van der Waals surface area contributed by atoms with E-state index in [1.807, 2.05) is 6.92 Å². The maximum Gasteiger partial charge on any atom is 0.292 e. The second-order valence-electron chi connectivity index (χ2n) is 4.17. The first-order valence-corrected chi connectivity index (χ1v) is 5.34. The quantitative estimate of drug-likeness (QED) is 0.839. The fraction of sp³-hybridized carbons (Fsp3) is 0.308. The van der Waals surface area contributed by atoms with E-state index in [0.29, 0.717) is 0 Å². The van der Waals surface area contributed by atoms with Crippen LogP contribution in [0.2, 0.25) is 0 Å². The van der Waals surface area contributed by atoms with Gasteiger partial charge in [0.15, 0.2) is 0 Å². The van der Waals surface area contributed by atoms with Crippen molar-refractivity contribution in [2.45, 2.75) is 27.2 Å². The zero-order valence-corrected chi connectivity index (χ0v) is 9.87. The molecule has 0 radical (unpaired) electrons. The molecule has 0 aliphatic rings. The summed E-state index contributed by atoms with van der Waals surface area (Å²) in [6, 6.07) is 6.65. The lowest BCUT2D eigenvalue weighted by atomic mass is 10.0. The zero-order chi connectivity index (χ0) is 11.7. The van der Waals surface area contributed by atoms with Crippen molar-refractivity contribution in [2.75, 3.05) is 5.73 Å². The van der Waals surface area contributed by atoms with Crippen molar-refractivity contribution < 1.29 is 4.42 Å².